The third kappa shape index (κ3) is 8.55. The van der Waals surface area contributed by atoms with E-state index in [4.69, 9.17) is 4.74 Å². The summed E-state index contributed by atoms with van der Waals surface area (Å²) >= 11 is 1.60. The van der Waals surface area contributed by atoms with E-state index in [9.17, 15) is 14.4 Å². The molecule has 8 nitrogen and oxygen atoms in total. The normalized spacial score (nSPS) is 16.2. The van der Waals surface area contributed by atoms with E-state index in [1.165, 1.54) is 0 Å². The smallest absolute Gasteiger partial charge is 0.408 e. The predicted molar refractivity (Wildman–Crippen MR) is 153 cm³/mol. The van der Waals surface area contributed by atoms with Crippen LogP contribution in [0.15, 0.2) is 29.8 Å². The zero-order valence-corrected chi connectivity index (χ0v) is 25.1. The topological polar surface area (TPSA) is 101 Å². The van der Waals surface area contributed by atoms with Gasteiger partial charge in [-0.15, -0.1) is 11.3 Å². The highest BCUT2D eigenvalue weighted by molar-refractivity contribution is 7.13. The summed E-state index contributed by atoms with van der Waals surface area (Å²) in [5.74, 6) is -0.455. The minimum absolute atomic E-state index is 0.187. The van der Waals surface area contributed by atoms with Gasteiger partial charge in [-0.1, -0.05) is 58.9 Å². The van der Waals surface area contributed by atoms with Crippen LogP contribution in [-0.2, 0) is 20.9 Å². The number of aryl methyl sites for hydroxylation is 1. The van der Waals surface area contributed by atoms with Crippen molar-refractivity contribution in [3.63, 3.8) is 0 Å². The molecule has 2 atom stereocenters. The number of carbonyl (C=O) groups is 3. The molecule has 0 spiro atoms. The van der Waals surface area contributed by atoms with Gasteiger partial charge in [-0.3, -0.25) is 9.59 Å². The van der Waals surface area contributed by atoms with Gasteiger partial charge in [-0.25, -0.2) is 9.78 Å². The van der Waals surface area contributed by atoms with Crippen LogP contribution in [-0.4, -0.2) is 52.0 Å². The number of hydrogen-bond acceptors (Lipinski definition) is 6. The van der Waals surface area contributed by atoms with Crippen molar-refractivity contribution in [3.05, 3.63) is 41.0 Å². The highest BCUT2D eigenvalue weighted by Gasteiger charge is 2.42. The van der Waals surface area contributed by atoms with Crippen molar-refractivity contribution >= 4 is 29.2 Å². The summed E-state index contributed by atoms with van der Waals surface area (Å²) in [5, 5.41) is 5.73. The van der Waals surface area contributed by atoms with Gasteiger partial charge in [0.1, 0.15) is 17.7 Å². The van der Waals surface area contributed by atoms with Crippen LogP contribution in [0.1, 0.15) is 79.5 Å². The molecule has 1 saturated heterocycles. The molecule has 1 aliphatic heterocycles. The molecule has 1 aliphatic rings. The van der Waals surface area contributed by atoms with Crippen LogP contribution in [0.4, 0.5) is 4.79 Å². The lowest BCUT2D eigenvalue weighted by molar-refractivity contribution is -0.142. The lowest BCUT2D eigenvalue weighted by Gasteiger charge is -2.35. The van der Waals surface area contributed by atoms with Gasteiger partial charge in [-0.05, 0) is 57.1 Å². The Morgan fingerprint density at radius 3 is 2.26 bits per heavy atom. The molecular weight excluding hydrogens is 500 g/mol. The molecule has 9 heteroatoms. The minimum Gasteiger partial charge on any atom is -0.444 e. The zero-order valence-electron chi connectivity index (χ0n) is 24.3. The number of aromatic nitrogens is 1. The van der Waals surface area contributed by atoms with Gasteiger partial charge in [0, 0.05) is 13.1 Å². The maximum Gasteiger partial charge on any atom is 0.408 e. The van der Waals surface area contributed by atoms with Crippen LogP contribution in [0.2, 0.25) is 0 Å². The Balaban J connectivity index is 0.00000247. The van der Waals surface area contributed by atoms with Crippen molar-refractivity contribution in [3.8, 4) is 10.4 Å². The standard InChI is InChI=1S/C27H38N4O4S.C2H6/c1-17-21(36-16-29-17)19-12-10-18(11-13-19)15-28-23(32)20-9-8-14-31(20)24(33)22(26(2,3)4)30-25(34)35-27(5,6)7;1-2/h10-13,16,20,22H,8-9,14-15H2,1-7H3,(H,28,32)(H,30,34);1-2H3. The number of nitrogens with one attached hydrogen (secondary N) is 2. The second-order valence-electron chi connectivity index (χ2n) is 11.3. The van der Waals surface area contributed by atoms with Crippen molar-refractivity contribution in [2.75, 3.05) is 6.54 Å². The van der Waals surface area contributed by atoms with Crippen molar-refractivity contribution in [1.82, 2.24) is 20.5 Å². The highest BCUT2D eigenvalue weighted by Crippen LogP contribution is 2.28. The van der Waals surface area contributed by atoms with Crippen LogP contribution < -0.4 is 10.6 Å². The van der Waals surface area contributed by atoms with Gasteiger partial charge in [0.05, 0.1) is 16.1 Å². The Kier molecular flexibility index (Phi) is 10.9. The quantitative estimate of drug-likeness (QED) is 0.487. The number of carbonyl (C=O) groups excluding carboxylic acids is 3. The first kappa shape index (κ1) is 31.3. The Bertz CT molecular complexity index is 1080. The van der Waals surface area contributed by atoms with Crippen molar-refractivity contribution in [2.24, 2.45) is 5.41 Å². The number of ether oxygens (including phenoxy) is 1. The number of nitrogens with zero attached hydrogens (tertiary/aromatic N) is 2. The molecule has 1 aromatic carbocycles. The summed E-state index contributed by atoms with van der Waals surface area (Å²) in [7, 11) is 0. The second-order valence-corrected chi connectivity index (χ2v) is 12.2. The van der Waals surface area contributed by atoms with Crippen LogP contribution in [0.3, 0.4) is 0 Å². The second kappa shape index (κ2) is 13.2. The van der Waals surface area contributed by atoms with Crippen molar-refractivity contribution in [1.29, 1.82) is 0 Å². The molecule has 0 aliphatic carbocycles. The largest absolute Gasteiger partial charge is 0.444 e. The lowest BCUT2D eigenvalue weighted by Crippen LogP contribution is -2.58. The van der Waals surface area contributed by atoms with Gasteiger partial charge < -0.3 is 20.3 Å². The van der Waals surface area contributed by atoms with Crippen LogP contribution >= 0.6 is 11.3 Å². The van der Waals surface area contributed by atoms with Gasteiger partial charge in [0.25, 0.3) is 0 Å². The summed E-state index contributed by atoms with van der Waals surface area (Å²) in [6, 6.07) is 6.66. The molecule has 1 fully saturated rings. The molecule has 0 saturated carbocycles. The summed E-state index contributed by atoms with van der Waals surface area (Å²) in [6.45, 7) is 17.8. The SMILES string of the molecule is CC.Cc1ncsc1-c1ccc(CNC(=O)C2CCCN2C(=O)C(NC(=O)OC(C)(C)C)C(C)(C)C)cc1. The summed E-state index contributed by atoms with van der Waals surface area (Å²) in [5.41, 5.74) is 3.68. The number of likely N-dealkylation sites (tertiary alicyclic amines) is 1. The Hall–Kier alpha value is -2.94. The molecule has 0 radical (unpaired) electrons. The summed E-state index contributed by atoms with van der Waals surface area (Å²) in [4.78, 5) is 46.1. The summed E-state index contributed by atoms with van der Waals surface area (Å²) in [6.07, 6.45) is 0.675. The fourth-order valence-electron chi connectivity index (χ4n) is 4.20. The first-order chi connectivity index (χ1) is 17.8. The van der Waals surface area contributed by atoms with Crippen molar-refractivity contribution < 1.29 is 19.1 Å². The van der Waals surface area contributed by atoms with E-state index in [2.05, 4.69) is 15.6 Å². The fraction of sp³-hybridized carbons (Fsp3) is 0.586. The third-order valence-corrected chi connectivity index (χ3v) is 7.02. The predicted octanol–water partition coefficient (Wildman–Crippen LogP) is 5.69. The average molecular weight is 545 g/mol. The van der Waals surface area contributed by atoms with Gasteiger partial charge in [-0.2, -0.15) is 0 Å². The maximum absolute atomic E-state index is 13.5. The molecule has 1 aromatic heterocycles. The molecule has 38 heavy (non-hydrogen) atoms. The number of amides is 3. The Morgan fingerprint density at radius 1 is 1.11 bits per heavy atom. The van der Waals surface area contributed by atoms with E-state index in [1.54, 1.807) is 37.0 Å². The molecule has 2 N–H and O–H groups in total. The Labute approximate surface area is 231 Å². The third-order valence-electron chi connectivity index (χ3n) is 6.04. The maximum atomic E-state index is 13.5. The summed E-state index contributed by atoms with van der Waals surface area (Å²) < 4.78 is 5.37. The Morgan fingerprint density at radius 2 is 1.74 bits per heavy atom. The molecular formula is C29H44N4O4S. The van der Waals surface area contributed by atoms with Crippen LogP contribution in [0.5, 0.6) is 0 Å². The monoisotopic (exact) mass is 544 g/mol. The van der Waals surface area contributed by atoms with Crippen LogP contribution in [0.25, 0.3) is 10.4 Å². The van der Waals surface area contributed by atoms with E-state index in [-0.39, 0.29) is 11.8 Å². The van der Waals surface area contributed by atoms with E-state index in [0.29, 0.717) is 19.5 Å². The lowest BCUT2D eigenvalue weighted by atomic mass is 9.85. The number of benzene rings is 1. The van der Waals surface area contributed by atoms with E-state index < -0.39 is 29.2 Å². The number of hydrogen-bond donors (Lipinski definition) is 2. The van der Waals surface area contributed by atoms with Gasteiger partial charge in [0.15, 0.2) is 0 Å². The fourth-order valence-corrected chi connectivity index (χ4v) is 5.01. The molecule has 2 unspecified atom stereocenters. The average Bonchev–Trinajstić information content (AvgIpc) is 3.50. The molecule has 3 rings (SSSR count). The minimum atomic E-state index is -0.816. The van der Waals surface area contributed by atoms with E-state index >= 15 is 0 Å². The highest BCUT2D eigenvalue weighted by atomic mass is 32.1. The zero-order chi connectivity index (χ0) is 28.7. The molecule has 0 bridgehead atoms. The molecule has 2 heterocycles. The van der Waals surface area contributed by atoms with E-state index in [1.807, 2.05) is 71.3 Å². The number of alkyl carbamates (subject to hydrolysis) is 1. The first-order valence-electron chi connectivity index (χ1n) is 13.3. The number of thiazole rings is 1. The molecule has 3 amide bonds. The van der Waals surface area contributed by atoms with Crippen molar-refractivity contribution in [2.45, 2.75) is 99.4 Å². The first-order valence-corrected chi connectivity index (χ1v) is 14.2. The van der Waals surface area contributed by atoms with E-state index in [0.717, 1.165) is 28.1 Å². The number of rotatable bonds is 6. The van der Waals surface area contributed by atoms with Gasteiger partial charge >= 0.3 is 6.09 Å². The van der Waals surface area contributed by atoms with Gasteiger partial charge in [0.2, 0.25) is 11.8 Å². The molecule has 210 valence electrons. The molecule has 2 aromatic rings. The van der Waals surface area contributed by atoms with Crippen LogP contribution in [0, 0.1) is 12.3 Å².